The number of hydrogen-bond donors (Lipinski definition) is 0. The van der Waals surface area contributed by atoms with Gasteiger partial charge in [0.15, 0.2) is 0 Å². The molecule has 3 rings (SSSR count). The van der Waals surface area contributed by atoms with E-state index in [1.54, 1.807) is 18.2 Å². The van der Waals surface area contributed by atoms with Crippen molar-refractivity contribution in [3.05, 3.63) is 65.0 Å². The molecular formula is C19H13F3N2O2. The Kier molecular flexibility index (Phi) is 4.43. The molecule has 0 bridgehead atoms. The summed E-state index contributed by atoms with van der Waals surface area (Å²) in [6.45, 7) is 0.0121. The Morgan fingerprint density at radius 2 is 2.08 bits per heavy atom. The summed E-state index contributed by atoms with van der Waals surface area (Å²) in [6.07, 6.45) is 2.61. The van der Waals surface area contributed by atoms with E-state index in [0.717, 1.165) is 12.1 Å². The second-order valence-corrected chi connectivity index (χ2v) is 5.51. The number of benzene rings is 1. The fraction of sp³-hybridized carbons (Fsp3) is 0.158. The van der Waals surface area contributed by atoms with Gasteiger partial charge in [0.1, 0.15) is 11.2 Å². The number of alkyl halides is 3. The van der Waals surface area contributed by atoms with Gasteiger partial charge in [0.25, 0.3) is 0 Å². The molecule has 0 atom stereocenters. The second kappa shape index (κ2) is 6.56. The molecule has 26 heavy (non-hydrogen) atoms. The van der Waals surface area contributed by atoms with Crippen LogP contribution in [0.3, 0.4) is 0 Å². The number of carbonyl (C=O) groups excluding carboxylic acids is 1. The standard InChI is InChI=1S/C19H13F3N2O2/c1-3-14-16-15(8-5-9-23-16)24(17(14)18(25)26-2)11-12-6-4-7-13(10-12)19(20,21)22/h1,4-10H,11H2,2H3. The van der Waals surface area contributed by atoms with E-state index in [9.17, 15) is 18.0 Å². The molecule has 7 heteroatoms. The van der Waals surface area contributed by atoms with Crippen LogP contribution in [0.15, 0.2) is 42.6 Å². The molecule has 3 aromatic rings. The quantitative estimate of drug-likeness (QED) is 0.527. The van der Waals surface area contributed by atoms with Gasteiger partial charge in [-0.3, -0.25) is 4.98 Å². The normalized spacial score (nSPS) is 11.3. The van der Waals surface area contributed by atoms with Crippen molar-refractivity contribution < 1.29 is 22.7 Å². The predicted octanol–water partition coefficient (Wildman–Crippen LogP) is 3.87. The van der Waals surface area contributed by atoms with Crippen molar-refractivity contribution in [3.63, 3.8) is 0 Å². The van der Waals surface area contributed by atoms with Crippen LogP contribution in [0.1, 0.15) is 27.2 Å². The molecule has 2 heterocycles. The Morgan fingerprint density at radius 3 is 2.73 bits per heavy atom. The third-order valence-electron chi connectivity index (χ3n) is 3.94. The van der Waals surface area contributed by atoms with Crippen molar-refractivity contribution in [1.82, 2.24) is 9.55 Å². The fourth-order valence-electron chi connectivity index (χ4n) is 2.81. The van der Waals surface area contributed by atoms with Crippen LogP contribution >= 0.6 is 0 Å². The minimum atomic E-state index is -4.45. The maximum atomic E-state index is 13.0. The van der Waals surface area contributed by atoms with Gasteiger partial charge in [-0.15, -0.1) is 6.42 Å². The Bertz CT molecular complexity index is 1030. The highest BCUT2D eigenvalue weighted by molar-refractivity contribution is 5.99. The van der Waals surface area contributed by atoms with E-state index in [-0.39, 0.29) is 17.8 Å². The molecule has 132 valence electrons. The van der Waals surface area contributed by atoms with Gasteiger partial charge in [0.2, 0.25) is 0 Å². The van der Waals surface area contributed by atoms with Gasteiger partial charge in [0, 0.05) is 12.7 Å². The van der Waals surface area contributed by atoms with Crippen LogP contribution in [0, 0.1) is 12.3 Å². The Morgan fingerprint density at radius 1 is 1.31 bits per heavy atom. The highest BCUT2D eigenvalue weighted by Crippen LogP contribution is 2.31. The van der Waals surface area contributed by atoms with E-state index in [1.807, 2.05) is 0 Å². The summed E-state index contributed by atoms with van der Waals surface area (Å²) in [5.41, 5.74) is 0.900. The first kappa shape index (κ1) is 17.5. The fourth-order valence-corrected chi connectivity index (χ4v) is 2.81. The van der Waals surface area contributed by atoms with Crippen LogP contribution in [0.4, 0.5) is 13.2 Å². The first-order chi connectivity index (χ1) is 12.4. The third-order valence-corrected chi connectivity index (χ3v) is 3.94. The number of methoxy groups -OCH3 is 1. The summed E-state index contributed by atoms with van der Waals surface area (Å²) in [7, 11) is 1.21. The molecule has 0 amide bonds. The summed E-state index contributed by atoms with van der Waals surface area (Å²) in [6, 6.07) is 8.26. The van der Waals surface area contributed by atoms with Crippen LogP contribution in [0.25, 0.3) is 11.0 Å². The molecule has 0 radical (unpaired) electrons. The number of rotatable bonds is 3. The molecule has 0 saturated carbocycles. The number of terminal acetylenes is 1. The number of halogens is 3. The number of carbonyl (C=O) groups is 1. The number of ether oxygens (including phenoxy) is 1. The summed E-state index contributed by atoms with van der Waals surface area (Å²) in [5, 5.41) is 0. The zero-order chi connectivity index (χ0) is 18.9. The van der Waals surface area contributed by atoms with E-state index in [2.05, 4.69) is 10.9 Å². The highest BCUT2D eigenvalue weighted by Gasteiger charge is 2.30. The number of aromatic nitrogens is 2. The molecule has 0 saturated heterocycles. The van der Waals surface area contributed by atoms with Crippen molar-refractivity contribution in [2.45, 2.75) is 12.7 Å². The topological polar surface area (TPSA) is 44.1 Å². The number of pyridine rings is 1. The summed E-state index contributed by atoms with van der Waals surface area (Å²) in [5.74, 6) is 1.75. The molecule has 0 unspecified atom stereocenters. The lowest BCUT2D eigenvalue weighted by Crippen LogP contribution is -2.13. The number of hydrogen-bond acceptors (Lipinski definition) is 3. The molecule has 0 fully saturated rings. The molecule has 0 aliphatic carbocycles. The lowest BCUT2D eigenvalue weighted by Gasteiger charge is -2.12. The zero-order valence-electron chi connectivity index (χ0n) is 13.7. The molecule has 0 N–H and O–H groups in total. The van der Waals surface area contributed by atoms with E-state index in [1.165, 1.54) is 23.9 Å². The van der Waals surface area contributed by atoms with Crippen molar-refractivity contribution in [3.8, 4) is 12.3 Å². The molecule has 4 nitrogen and oxygen atoms in total. The molecular weight excluding hydrogens is 345 g/mol. The largest absolute Gasteiger partial charge is 0.464 e. The first-order valence-corrected chi connectivity index (χ1v) is 7.55. The molecule has 0 spiro atoms. The van der Waals surface area contributed by atoms with Crippen LogP contribution in [-0.2, 0) is 17.5 Å². The maximum Gasteiger partial charge on any atom is 0.416 e. The van der Waals surface area contributed by atoms with Gasteiger partial charge in [-0.25, -0.2) is 4.79 Å². The van der Waals surface area contributed by atoms with E-state index in [0.29, 0.717) is 16.6 Å². The summed E-state index contributed by atoms with van der Waals surface area (Å²) < 4.78 is 45.2. The van der Waals surface area contributed by atoms with Crippen molar-refractivity contribution >= 4 is 17.0 Å². The van der Waals surface area contributed by atoms with Gasteiger partial charge in [-0.1, -0.05) is 18.1 Å². The monoisotopic (exact) mass is 358 g/mol. The molecule has 1 aromatic carbocycles. The molecule has 2 aromatic heterocycles. The lowest BCUT2D eigenvalue weighted by atomic mass is 10.1. The van der Waals surface area contributed by atoms with Crippen molar-refractivity contribution in [1.29, 1.82) is 0 Å². The maximum absolute atomic E-state index is 13.0. The number of esters is 1. The summed E-state index contributed by atoms with van der Waals surface area (Å²) >= 11 is 0. The Balaban J connectivity index is 2.19. The first-order valence-electron chi connectivity index (χ1n) is 7.55. The number of nitrogens with zero attached hydrogens (tertiary/aromatic N) is 2. The SMILES string of the molecule is C#Cc1c(C(=O)OC)n(Cc2cccc(C(F)(F)F)c2)c2cccnc12. The van der Waals surface area contributed by atoms with Gasteiger partial charge in [0.05, 0.1) is 23.8 Å². The van der Waals surface area contributed by atoms with E-state index < -0.39 is 17.7 Å². The smallest absolute Gasteiger partial charge is 0.416 e. The van der Waals surface area contributed by atoms with Crippen LogP contribution < -0.4 is 0 Å². The van der Waals surface area contributed by atoms with Gasteiger partial charge in [-0.05, 0) is 29.8 Å². The average Bonchev–Trinajstić information content (AvgIpc) is 2.94. The van der Waals surface area contributed by atoms with Crippen molar-refractivity contribution in [2.75, 3.05) is 7.11 Å². The van der Waals surface area contributed by atoms with E-state index in [4.69, 9.17) is 11.2 Å². The predicted molar refractivity (Wildman–Crippen MR) is 89.6 cm³/mol. The Labute approximate surface area is 147 Å². The minimum absolute atomic E-state index is 0.0121. The van der Waals surface area contributed by atoms with Gasteiger partial charge >= 0.3 is 12.1 Å². The van der Waals surface area contributed by atoms with Gasteiger partial charge in [-0.2, -0.15) is 13.2 Å². The van der Waals surface area contributed by atoms with Crippen molar-refractivity contribution in [2.24, 2.45) is 0 Å². The number of fused-ring (bicyclic) bond motifs is 1. The van der Waals surface area contributed by atoms with Crippen LogP contribution in [0.5, 0.6) is 0 Å². The zero-order valence-corrected chi connectivity index (χ0v) is 13.7. The minimum Gasteiger partial charge on any atom is -0.464 e. The third kappa shape index (κ3) is 3.02. The van der Waals surface area contributed by atoms with E-state index >= 15 is 0 Å². The molecule has 0 aliphatic heterocycles. The van der Waals surface area contributed by atoms with Crippen LogP contribution in [0.2, 0.25) is 0 Å². The summed E-state index contributed by atoms with van der Waals surface area (Å²) in [4.78, 5) is 16.5. The second-order valence-electron chi connectivity index (χ2n) is 5.51. The highest BCUT2D eigenvalue weighted by atomic mass is 19.4. The lowest BCUT2D eigenvalue weighted by molar-refractivity contribution is -0.137. The van der Waals surface area contributed by atoms with Gasteiger partial charge < -0.3 is 9.30 Å². The molecule has 0 aliphatic rings. The average molecular weight is 358 g/mol. The Hall–Kier alpha value is -3.27. The van der Waals surface area contributed by atoms with Crippen LogP contribution in [-0.4, -0.2) is 22.6 Å².